The average Bonchev–Trinajstić information content (AvgIpc) is 2.35. The van der Waals surface area contributed by atoms with Crippen LogP contribution in [0.15, 0.2) is 0 Å². The normalized spacial score (nSPS) is 14.2. The van der Waals surface area contributed by atoms with E-state index in [1.54, 1.807) is 0 Å². The van der Waals surface area contributed by atoms with E-state index in [0.717, 1.165) is 49.2 Å². The van der Waals surface area contributed by atoms with Gasteiger partial charge in [-0.25, -0.2) is 9.78 Å². The van der Waals surface area contributed by atoms with Gasteiger partial charge in [-0.3, -0.25) is 0 Å². The summed E-state index contributed by atoms with van der Waals surface area (Å²) in [5.41, 5.74) is 2.03. The Morgan fingerprint density at radius 2 is 2.12 bits per heavy atom. The van der Waals surface area contributed by atoms with Gasteiger partial charge in [0.05, 0.1) is 5.69 Å². The van der Waals surface area contributed by atoms with Gasteiger partial charge < -0.3 is 9.84 Å². The van der Waals surface area contributed by atoms with Crippen LogP contribution < -0.4 is 4.74 Å². The third-order valence-corrected chi connectivity index (χ3v) is 2.84. The quantitative estimate of drug-likeness (QED) is 0.855. The fourth-order valence-corrected chi connectivity index (χ4v) is 2.02. The zero-order valence-electron chi connectivity index (χ0n) is 9.90. The van der Waals surface area contributed by atoms with Gasteiger partial charge in [0.2, 0.25) is 5.88 Å². The Morgan fingerprint density at radius 3 is 2.82 bits per heavy atom. The van der Waals surface area contributed by atoms with Gasteiger partial charge in [-0.2, -0.15) is 4.98 Å². The maximum atomic E-state index is 10.5. The van der Waals surface area contributed by atoms with Crippen LogP contribution in [0.2, 0.25) is 0 Å². The molecule has 0 radical (unpaired) electrons. The number of carboxylic acid groups (broad SMARTS) is 1. The highest BCUT2D eigenvalue weighted by atomic mass is 16.5. The fourth-order valence-electron chi connectivity index (χ4n) is 2.02. The number of aromatic nitrogens is 2. The first kappa shape index (κ1) is 11.8. The second kappa shape index (κ2) is 5.12. The van der Waals surface area contributed by atoms with Gasteiger partial charge in [0, 0.05) is 12.0 Å². The van der Waals surface area contributed by atoms with Gasteiger partial charge in [0.15, 0.2) is 6.61 Å². The zero-order chi connectivity index (χ0) is 12.3. The summed E-state index contributed by atoms with van der Waals surface area (Å²) in [6.07, 6.45) is 4.77. The van der Waals surface area contributed by atoms with E-state index in [4.69, 9.17) is 9.84 Å². The highest BCUT2D eigenvalue weighted by molar-refractivity contribution is 5.68. The fraction of sp³-hybridized carbons (Fsp3) is 0.583. The molecular formula is C12H16N2O3. The summed E-state index contributed by atoms with van der Waals surface area (Å²) >= 11 is 0. The van der Waals surface area contributed by atoms with Crippen LogP contribution in [0.3, 0.4) is 0 Å². The number of ether oxygens (including phenoxy) is 1. The number of fused-ring (bicyclic) bond motifs is 1. The van der Waals surface area contributed by atoms with E-state index in [2.05, 4.69) is 9.97 Å². The first-order chi connectivity index (χ1) is 8.20. The molecule has 0 fully saturated rings. The highest BCUT2D eigenvalue weighted by Gasteiger charge is 2.18. The maximum Gasteiger partial charge on any atom is 0.341 e. The summed E-state index contributed by atoms with van der Waals surface area (Å²) in [4.78, 5) is 19.3. The molecule has 0 unspecified atom stereocenters. The minimum atomic E-state index is -0.980. The highest BCUT2D eigenvalue weighted by Crippen LogP contribution is 2.27. The molecule has 1 heterocycles. The van der Waals surface area contributed by atoms with E-state index in [1.165, 1.54) is 0 Å². The first-order valence-electron chi connectivity index (χ1n) is 5.94. The third-order valence-electron chi connectivity index (χ3n) is 2.84. The van der Waals surface area contributed by atoms with Crippen molar-refractivity contribution >= 4 is 5.97 Å². The summed E-state index contributed by atoms with van der Waals surface area (Å²) in [7, 11) is 0. The summed E-state index contributed by atoms with van der Waals surface area (Å²) < 4.78 is 5.26. The van der Waals surface area contributed by atoms with Crippen LogP contribution in [0.1, 0.15) is 36.8 Å². The zero-order valence-corrected chi connectivity index (χ0v) is 9.90. The summed E-state index contributed by atoms with van der Waals surface area (Å²) in [5, 5.41) is 8.64. The average molecular weight is 236 g/mol. The minimum absolute atomic E-state index is 0.341. The van der Waals surface area contributed by atoms with E-state index >= 15 is 0 Å². The Balaban J connectivity index is 2.30. The molecule has 1 aliphatic carbocycles. The molecule has 0 saturated heterocycles. The predicted molar refractivity (Wildman–Crippen MR) is 61.2 cm³/mol. The lowest BCUT2D eigenvalue weighted by molar-refractivity contribution is -0.139. The number of aryl methyl sites for hydroxylation is 2. The molecular weight excluding hydrogens is 220 g/mol. The third kappa shape index (κ3) is 2.72. The molecule has 2 rings (SSSR count). The summed E-state index contributed by atoms with van der Waals surface area (Å²) in [5.74, 6) is 0.214. The van der Waals surface area contributed by atoms with E-state index in [9.17, 15) is 4.79 Å². The van der Waals surface area contributed by atoms with Gasteiger partial charge in [-0.1, -0.05) is 6.92 Å². The Bertz CT molecular complexity index is 432. The standard InChI is InChI=1S/C12H16N2O3/c1-2-10-13-9-6-4-3-5-8(9)12(14-10)17-7-11(15)16/h2-7H2,1H3,(H,15,16). The molecule has 5 heteroatoms. The molecule has 17 heavy (non-hydrogen) atoms. The lowest BCUT2D eigenvalue weighted by atomic mass is 9.97. The molecule has 92 valence electrons. The molecule has 5 nitrogen and oxygen atoms in total. The van der Waals surface area contributed by atoms with E-state index in [-0.39, 0.29) is 6.61 Å². The first-order valence-corrected chi connectivity index (χ1v) is 5.94. The van der Waals surface area contributed by atoms with Crippen molar-refractivity contribution < 1.29 is 14.6 Å². The summed E-state index contributed by atoms with van der Waals surface area (Å²) in [6.45, 7) is 1.64. The second-order valence-corrected chi connectivity index (χ2v) is 4.11. The van der Waals surface area contributed by atoms with Crippen LogP contribution in [0.25, 0.3) is 0 Å². The molecule has 0 spiro atoms. The molecule has 0 saturated carbocycles. The molecule has 1 aromatic rings. The van der Waals surface area contributed by atoms with E-state index in [1.807, 2.05) is 6.92 Å². The van der Waals surface area contributed by atoms with Crippen molar-refractivity contribution in [3.8, 4) is 5.88 Å². The van der Waals surface area contributed by atoms with Crippen LogP contribution in [0, 0.1) is 0 Å². The molecule has 0 bridgehead atoms. The van der Waals surface area contributed by atoms with Crippen molar-refractivity contribution in [3.63, 3.8) is 0 Å². The molecule has 1 aromatic heterocycles. The van der Waals surface area contributed by atoms with Gasteiger partial charge in [-0.05, 0) is 25.7 Å². The monoisotopic (exact) mass is 236 g/mol. The number of nitrogens with zero attached hydrogens (tertiary/aromatic N) is 2. The van der Waals surface area contributed by atoms with Gasteiger partial charge in [0.1, 0.15) is 5.82 Å². The topological polar surface area (TPSA) is 72.3 Å². The maximum absolute atomic E-state index is 10.5. The summed E-state index contributed by atoms with van der Waals surface area (Å²) in [6, 6.07) is 0. The SMILES string of the molecule is CCc1nc2c(c(OCC(=O)O)n1)CCCC2. The number of rotatable bonds is 4. The lowest BCUT2D eigenvalue weighted by Gasteiger charge is -2.18. The van der Waals surface area contributed by atoms with Crippen LogP contribution in [0.5, 0.6) is 5.88 Å². The molecule has 1 aliphatic rings. The lowest BCUT2D eigenvalue weighted by Crippen LogP contribution is -2.16. The van der Waals surface area contributed by atoms with Crippen molar-refractivity contribution in [1.29, 1.82) is 0 Å². The van der Waals surface area contributed by atoms with Gasteiger partial charge in [0.25, 0.3) is 0 Å². The number of aliphatic carboxylic acids is 1. The molecule has 0 aliphatic heterocycles. The molecule has 1 N–H and O–H groups in total. The molecule has 0 amide bonds. The largest absolute Gasteiger partial charge is 0.479 e. The van der Waals surface area contributed by atoms with E-state index in [0.29, 0.717) is 5.88 Å². The number of hydrogen-bond acceptors (Lipinski definition) is 4. The van der Waals surface area contributed by atoms with Crippen molar-refractivity contribution in [2.24, 2.45) is 0 Å². The van der Waals surface area contributed by atoms with Crippen molar-refractivity contribution in [3.05, 3.63) is 17.1 Å². The molecule has 0 atom stereocenters. The Morgan fingerprint density at radius 1 is 1.35 bits per heavy atom. The van der Waals surface area contributed by atoms with Gasteiger partial charge >= 0.3 is 5.97 Å². The van der Waals surface area contributed by atoms with Crippen molar-refractivity contribution in [1.82, 2.24) is 9.97 Å². The van der Waals surface area contributed by atoms with Crippen LogP contribution in [-0.2, 0) is 24.1 Å². The second-order valence-electron chi connectivity index (χ2n) is 4.11. The number of carbonyl (C=O) groups is 1. The number of carboxylic acids is 1. The smallest absolute Gasteiger partial charge is 0.341 e. The Labute approximate surface area is 99.9 Å². The van der Waals surface area contributed by atoms with Crippen LogP contribution >= 0.6 is 0 Å². The Kier molecular flexibility index (Phi) is 3.56. The predicted octanol–water partition coefficient (Wildman–Crippen LogP) is 1.38. The van der Waals surface area contributed by atoms with Crippen molar-refractivity contribution in [2.75, 3.05) is 6.61 Å². The van der Waals surface area contributed by atoms with Gasteiger partial charge in [-0.15, -0.1) is 0 Å². The van der Waals surface area contributed by atoms with Crippen LogP contribution in [0.4, 0.5) is 0 Å². The minimum Gasteiger partial charge on any atom is -0.479 e. The number of hydrogen-bond donors (Lipinski definition) is 1. The van der Waals surface area contributed by atoms with E-state index < -0.39 is 5.97 Å². The molecule has 0 aromatic carbocycles. The van der Waals surface area contributed by atoms with Crippen LogP contribution in [-0.4, -0.2) is 27.7 Å². The van der Waals surface area contributed by atoms with Crippen molar-refractivity contribution in [2.45, 2.75) is 39.0 Å². The Hall–Kier alpha value is -1.65.